The summed E-state index contributed by atoms with van der Waals surface area (Å²) in [5.41, 5.74) is 12.9. The molecule has 0 amide bonds. The Labute approximate surface area is 299 Å². The van der Waals surface area contributed by atoms with Crippen LogP contribution in [0.25, 0.3) is 66.4 Å². The fourth-order valence-corrected chi connectivity index (χ4v) is 7.99. The molecule has 5 heteroatoms. The SMILES string of the molecule is c1ccc(-c2ccc3c(n2)c2cc(-n4c5ccccc5c5cc(N6c7ccccc7Oc7ccccc76)ccc54)ccc2n3-c2ccccc2)cc1. The van der Waals surface area contributed by atoms with Gasteiger partial charge >= 0.3 is 0 Å². The second-order valence-corrected chi connectivity index (χ2v) is 13.2. The van der Waals surface area contributed by atoms with Crippen LogP contribution in [-0.4, -0.2) is 14.1 Å². The average molecular weight is 667 g/mol. The predicted molar refractivity (Wildman–Crippen MR) is 213 cm³/mol. The van der Waals surface area contributed by atoms with Crippen LogP contribution in [0, 0.1) is 0 Å². The average Bonchev–Trinajstić information content (AvgIpc) is 3.72. The van der Waals surface area contributed by atoms with Gasteiger partial charge in [0, 0.05) is 38.8 Å². The largest absolute Gasteiger partial charge is 0.453 e. The number of hydrogen-bond acceptors (Lipinski definition) is 3. The van der Waals surface area contributed by atoms with Crippen molar-refractivity contribution in [2.75, 3.05) is 4.90 Å². The van der Waals surface area contributed by atoms with Gasteiger partial charge in [-0.2, -0.15) is 0 Å². The zero-order valence-electron chi connectivity index (χ0n) is 28.0. The predicted octanol–water partition coefficient (Wildman–Crippen LogP) is 12.5. The van der Waals surface area contributed by atoms with Crippen molar-refractivity contribution in [1.82, 2.24) is 14.1 Å². The Morgan fingerprint density at radius 1 is 0.385 bits per heavy atom. The van der Waals surface area contributed by atoms with Crippen LogP contribution in [0.15, 0.2) is 182 Å². The molecule has 4 heterocycles. The summed E-state index contributed by atoms with van der Waals surface area (Å²) in [7, 11) is 0. The van der Waals surface area contributed by atoms with Gasteiger partial charge in [-0.15, -0.1) is 0 Å². The number of rotatable bonds is 4. The molecule has 0 atom stereocenters. The van der Waals surface area contributed by atoms with Gasteiger partial charge in [0.05, 0.1) is 44.7 Å². The summed E-state index contributed by atoms with van der Waals surface area (Å²) in [6.07, 6.45) is 0. The molecule has 0 bridgehead atoms. The smallest absolute Gasteiger partial charge is 0.151 e. The second kappa shape index (κ2) is 11.2. The normalized spacial score (nSPS) is 12.3. The summed E-state index contributed by atoms with van der Waals surface area (Å²) in [6, 6.07) is 64.1. The number of aromatic nitrogens is 3. The molecule has 7 aromatic carbocycles. The summed E-state index contributed by atoms with van der Waals surface area (Å²) >= 11 is 0. The van der Waals surface area contributed by atoms with E-state index in [0.717, 1.165) is 84.2 Å². The lowest BCUT2D eigenvalue weighted by atomic mass is 10.1. The number of anilines is 3. The number of nitrogens with zero attached hydrogens (tertiary/aromatic N) is 4. The molecule has 1 aliphatic heterocycles. The minimum Gasteiger partial charge on any atom is -0.453 e. The third-order valence-corrected chi connectivity index (χ3v) is 10.3. The zero-order valence-corrected chi connectivity index (χ0v) is 28.0. The van der Waals surface area contributed by atoms with E-state index in [0.29, 0.717) is 0 Å². The summed E-state index contributed by atoms with van der Waals surface area (Å²) in [5, 5.41) is 3.49. The monoisotopic (exact) mass is 666 g/mol. The van der Waals surface area contributed by atoms with Crippen molar-refractivity contribution in [2.45, 2.75) is 0 Å². The molecule has 52 heavy (non-hydrogen) atoms. The molecule has 5 nitrogen and oxygen atoms in total. The first-order valence-electron chi connectivity index (χ1n) is 17.6. The fourth-order valence-electron chi connectivity index (χ4n) is 7.99. The van der Waals surface area contributed by atoms with Gasteiger partial charge in [0.15, 0.2) is 11.5 Å². The standard InChI is InChI=1S/C47H30N4O/c1-3-13-31(14-4-1)38-25-28-44-47(48-38)37-30-34(24-27-41(37)49(44)32-15-5-2-6-16-32)50-39-18-8-7-17-35(39)36-29-33(23-26-40(36)50)51-42-19-9-11-21-45(42)52-46-22-12-10-20-43(46)51/h1-30H. The van der Waals surface area contributed by atoms with E-state index in [1.54, 1.807) is 0 Å². The van der Waals surface area contributed by atoms with Gasteiger partial charge in [0.2, 0.25) is 0 Å². The Morgan fingerprint density at radius 2 is 0.942 bits per heavy atom. The lowest BCUT2D eigenvalue weighted by Crippen LogP contribution is -2.15. The molecular formula is C47H30N4O. The summed E-state index contributed by atoms with van der Waals surface area (Å²) in [6.45, 7) is 0. The first-order chi connectivity index (χ1) is 25.8. The van der Waals surface area contributed by atoms with Gasteiger partial charge in [-0.25, -0.2) is 4.98 Å². The fraction of sp³-hybridized carbons (Fsp3) is 0. The number of ether oxygens (including phenoxy) is 1. The molecule has 1 aliphatic rings. The number of pyridine rings is 1. The molecule has 0 radical (unpaired) electrons. The van der Waals surface area contributed by atoms with Crippen LogP contribution in [0.2, 0.25) is 0 Å². The Morgan fingerprint density at radius 3 is 1.71 bits per heavy atom. The van der Waals surface area contributed by atoms with Crippen LogP contribution in [0.3, 0.4) is 0 Å². The van der Waals surface area contributed by atoms with Crippen LogP contribution in [0.5, 0.6) is 11.5 Å². The maximum atomic E-state index is 6.32. The third kappa shape index (κ3) is 4.26. The Balaban J connectivity index is 1.14. The van der Waals surface area contributed by atoms with Gasteiger partial charge < -0.3 is 18.8 Å². The van der Waals surface area contributed by atoms with Gasteiger partial charge in [0.25, 0.3) is 0 Å². The number of fused-ring (bicyclic) bond motifs is 8. The van der Waals surface area contributed by atoms with Crippen molar-refractivity contribution in [3.05, 3.63) is 182 Å². The summed E-state index contributed by atoms with van der Waals surface area (Å²) in [5.74, 6) is 1.69. The number of para-hydroxylation sites is 6. The highest BCUT2D eigenvalue weighted by molar-refractivity contribution is 6.12. The van der Waals surface area contributed by atoms with Gasteiger partial charge in [-0.1, -0.05) is 91.0 Å². The lowest BCUT2D eigenvalue weighted by molar-refractivity contribution is 0.477. The first-order valence-corrected chi connectivity index (χ1v) is 17.6. The van der Waals surface area contributed by atoms with Crippen molar-refractivity contribution in [3.8, 4) is 34.1 Å². The number of benzene rings is 7. The quantitative estimate of drug-likeness (QED) is 0.188. The zero-order chi connectivity index (χ0) is 34.2. The summed E-state index contributed by atoms with van der Waals surface area (Å²) in [4.78, 5) is 7.63. The van der Waals surface area contributed by atoms with Crippen molar-refractivity contribution in [1.29, 1.82) is 0 Å². The second-order valence-electron chi connectivity index (χ2n) is 13.2. The molecular weight excluding hydrogens is 637 g/mol. The van der Waals surface area contributed by atoms with E-state index in [4.69, 9.17) is 9.72 Å². The number of hydrogen-bond donors (Lipinski definition) is 0. The minimum absolute atomic E-state index is 0.843. The highest BCUT2D eigenvalue weighted by Crippen LogP contribution is 2.51. The molecule has 0 unspecified atom stereocenters. The molecule has 244 valence electrons. The van der Waals surface area contributed by atoms with Crippen LogP contribution in [-0.2, 0) is 0 Å². The van der Waals surface area contributed by atoms with E-state index < -0.39 is 0 Å². The Bertz CT molecular complexity index is 2950. The van der Waals surface area contributed by atoms with E-state index in [-0.39, 0.29) is 0 Å². The highest BCUT2D eigenvalue weighted by Gasteiger charge is 2.26. The molecule has 0 aliphatic carbocycles. The molecule has 10 aromatic rings. The van der Waals surface area contributed by atoms with Crippen LogP contribution in [0.1, 0.15) is 0 Å². The third-order valence-electron chi connectivity index (χ3n) is 10.3. The molecule has 0 spiro atoms. The first kappa shape index (κ1) is 28.7. The summed E-state index contributed by atoms with van der Waals surface area (Å²) < 4.78 is 11.0. The van der Waals surface area contributed by atoms with Gasteiger partial charge in [0.1, 0.15) is 0 Å². The maximum absolute atomic E-state index is 6.32. The van der Waals surface area contributed by atoms with Crippen LogP contribution < -0.4 is 9.64 Å². The minimum atomic E-state index is 0.843. The molecule has 3 aromatic heterocycles. The lowest BCUT2D eigenvalue weighted by Gasteiger charge is -2.32. The maximum Gasteiger partial charge on any atom is 0.151 e. The molecule has 0 N–H and O–H groups in total. The van der Waals surface area contributed by atoms with Crippen molar-refractivity contribution in [2.24, 2.45) is 0 Å². The topological polar surface area (TPSA) is 35.2 Å². The van der Waals surface area contributed by atoms with Crippen LogP contribution in [0.4, 0.5) is 17.1 Å². The van der Waals surface area contributed by atoms with Gasteiger partial charge in [-0.3, -0.25) is 0 Å². The van der Waals surface area contributed by atoms with Crippen molar-refractivity contribution in [3.63, 3.8) is 0 Å². The molecule has 0 saturated heterocycles. The Kier molecular flexibility index (Phi) is 6.18. The van der Waals surface area contributed by atoms with E-state index in [2.05, 4.69) is 166 Å². The Hall–Kier alpha value is -7.11. The molecule has 0 saturated carbocycles. The van der Waals surface area contributed by atoms with E-state index in [9.17, 15) is 0 Å². The van der Waals surface area contributed by atoms with Crippen molar-refractivity contribution < 1.29 is 4.74 Å². The van der Waals surface area contributed by atoms with Gasteiger partial charge in [-0.05, 0) is 91.0 Å². The molecule has 0 fully saturated rings. The van der Waals surface area contributed by atoms with E-state index >= 15 is 0 Å². The van der Waals surface area contributed by atoms with Crippen molar-refractivity contribution >= 4 is 60.8 Å². The highest BCUT2D eigenvalue weighted by atomic mass is 16.5. The van der Waals surface area contributed by atoms with E-state index in [1.807, 2.05) is 30.3 Å². The molecule has 11 rings (SSSR count). The van der Waals surface area contributed by atoms with E-state index in [1.165, 1.54) is 10.8 Å². The van der Waals surface area contributed by atoms with Crippen LogP contribution >= 0.6 is 0 Å².